The van der Waals surface area contributed by atoms with E-state index in [0.717, 1.165) is 5.56 Å². The Kier molecular flexibility index (Phi) is 3.88. The summed E-state index contributed by atoms with van der Waals surface area (Å²) in [7, 11) is 0. The molecule has 0 aliphatic carbocycles. The number of aromatic carboxylic acids is 1. The van der Waals surface area contributed by atoms with Crippen LogP contribution in [0.15, 0.2) is 42.5 Å². The number of carboxylic acid groups (broad SMARTS) is 1. The average molecular weight is 274 g/mol. The van der Waals surface area contributed by atoms with E-state index in [0.29, 0.717) is 16.3 Å². The predicted molar refractivity (Wildman–Crippen MR) is 78.2 cm³/mol. The van der Waals surface area contributed by atoms with Crippen LogP contribution in [0.25, 0.3) is 12.2 Å². The standard InChI is InChI=1S/C15H12ClNO2/c16-12-6-2-10(3-7-12)1-4-11-5-8-13(17)9-14(11)15(18)19/h1-9H,17H2,(H,18,19). The molecule has 0 amide bonds. The molecule has 3 nitrogen and oxygen atoms in total. The Hall–Kier alpha value is -2.26. The fourth-order valence-electron chi connectivity index (χ4n) is 1.66. The fraction of sp³-hybridized carbons (Fsp3) is 0. The van der Waals surface area contributed by atoms with Crippen molar-refractivity contribution in [3.8, 4) is 0 Å². The van der Waals surface area contributed by atoms with Crippen molar-refractivity contribution in [3.05, 3.63) is 64.2 Å². The highest BCUT2D eigenvalue weighted by atomic mass is 35.5. The lowest BCUT2D eigenvalue weighted by Crippen LogP contribution is -2.00. The summed E-state index contributed by atoms with van der Waals surface area (Å²) < 4.78 is 0. The van der Waals surface area contributed by atoms with E-state index in [9.17, 15) is 4.79 Å². The summed E-state index contributed by atoms with van der Waals surface area (Å²) in [6.07, 6.45) is 3.57. The molecule has 0 aliphatic rings. The number of halogens is 1. The molecule has 0 fully saturated rings. The van der Waals surface area contributed by atoms with Gasteiger partial charge in [0, 0.05) is 10.7 Å². The molecule has 0 heterocycles. The van der Waals surface area contributed by atoms with Crippen LogP contribution in [-0.2, 0) is 0 Å². The maximum atomic E-state index is 11.1. The van der Waals surface area contributed by atoms with Crippen LogP contribution in [-0.4, -0.2) is 11.1 Å². The third-order valence-corrected chi connectivity index (χ3v) is 2.89. The van der Waals surface area contributed by atoms with Gasteiger partial charge < -0.3 is 10.8 Å². The molecule has 0 spiro atoms. The van der Waals surface area contributed by atoms with Gasteiger partial charge in [-0.25, -0.2) is 4.79 Å². The van der Waals surface area contributed by atoms with Crippen LogP contribution < -0.4 is 5.73 Å². The molecule has 0 unspecified atom stereocenters. The Morgan fingerprint density at radius 1 is 1.11 bits per heavy atom. The fourth-order valence-corrected chi connectivity index (χ4v) is 1.79. The number of carbonyl (C=O) groups is 1. The number of hydrogen-bond donors (Lipinski definition) is 2. The maximum Gasteiger partial charge on any atom is 0.336 e. The van der Waals surface area contributed by atoms with Crippen LogP contribution in [0.2, 0.25) is 5.02 Å². The van der Waals surface area contributed by atoms with Crippen molar-refractivity contribution in [2.75, 3.05) is 5.73 Å². The Morgan fingerprint density at radius 3 is 2.42 bits per heavy atom. The van der Waals surface area contributed by atoms with Gasteiger partial charge in [-0.2, -0.15) is 0 Å². The van der Waals surface area contributed by atoms with Gasteiger partial charge in [-0.05, 0) is 35.4 Å². The molecule has 96 valence electrons. The zero-order valence-electron chi connectivity index (χ0n) is 10.0. The Morgan fingerprint density at radius 2 is 1.79 bits per heavy atom. The molecule has 0 saturated heterocycles. The zero-order valence-corrected chi connectivity index (χ0v) is 10.8. The first-order valence-electron chi connectivity index (χ1n) is 5.63. The number of rotatable bonds is 3. The first kappa shape index (κ1) is 13.2. The molecule has 0 bridgehead atoms. The monoisotopic (exact) mass is 273 g/mol. The van der Waals surface area contributed by atoms with Crippen molar-refractivity contribution >= 4 is 35.4 Å². The quantitative estimate of drug-likeness (QED) is 0.660. The number of carboxylic acids is 1. The molecule has 0 atom stereocenters. The molecule has 2 aromatic carbocycles. The average Bonchev–Trinajstić information content (AvgIpc) is 2.39. The van der Waals surface area contributed by atoms with Gasteiger partial charge in [0.1, 0.15) is 0 Å². The van der Waals surface area contributed by atoms with Crippen molar-refractivity contribution in [1.82, 2.24) is 0 Å². The molecule has 4 heteroatoms. The molecule has 0 aromatic heterocycles. The summed E-state index contributed by atoms with van der Waals surface area (Å²) >= 11 is 5.80. The number of benzene rings is 2. The van der Waals surface area contributed by atoms with E-state index >= 15 is 0 Å². The van der Waals surface area contributed by atoms with E-state index in [1.807, 2.05) is 18.2 Å². The molecule has 0 radical (unpaired) electrons. The van der Waals surface area contributed by atoms with Gasteiger partial charge in [0.05, 0.1) is 5.56 Å². The van der Waals surface area contributed by atoms with E-state index < -0.39 is 5.97 Å². The Labute approximate surface area is 115 Å². The highest BCUT2D eigenvalue weighted by molar-refractivity contribution is 6.30. The van der Waals surface area contributed by atoms with E-state index in [4.69, 9.17) is 22.4 Å². The molecule has 0 aliphatic heterocycles. The highest BCUT2D eigenvalue weighted by Gasteiger charge is 2.07. The van der Waals surface area contributed by atoms with Crippen LogP contribution in [0.4, 0.5) is 5.69 Å². The van der Waals surface area contributed by atoms with Crippen LogP contribution in [0.3, 0.4) is 0 Å². The van der Waals surface area contributed by atoms with Crippen molar-refractivity contribution in [2.24, 2.45) is 0 Å². The van der Waals surface area contributed by atoms with Gasteiger partial charge in [-0.3, -0.25) is 0 Å². The van der Waals surface area contributed by atoms with E-state index in [1.165, 1.54) is 6.07 Å². The third kappa shape index (κ3) is 3.36. The number of hydrogen-bond acceptors (Lipinski definition) is 2. The lowest BCUT2D eigenvalue weighted by Gasteiger charge is -2.02. The second-order valence-corrected chi connectivity index (χ2v) is 4.47. The second-order valence-electron chi connectivity index (χ2n) is 4.04. The normalized spacial score (nSPS) is 10.8. The van der Waals surface area contributed by atoms with E-state index in [-0.39, 0.29) is 5.56 Å². The molecule has 3 N–H and O–H groups in total. The second kappa shape index (κ2) is 5.59. The van der Waals surface area contributed by atoms with Crippen LogP contribution >= 0.6 is 11.6 Å². The summed E-state index contributed by atoms with van der Waals surface area (Å²) in [4.78, 5) is 11.1. The van der Waals surface area contributed by atoms with Gasteiger partial charge >= 0.3 is 5.97 Å². The summed E-state index contributed by atoms with van der Waals surface area (Å²) in [6.45, 7) is 0. The maximum absolute atomic E-state index is 11.1. The molecular formula is C15H12ClNO2. The topological polar surface area (TPSA) is 63.3 Å². The van der Waals surface area contributed by atoms with Gasteiger partial charge in [-0.15, -0.1) is 0 Å². The molecule has 0 saturated carbocycles. The number of nitrogen functional groups attached to an aromatic ring is 1. The van der Waals surface area contributed by atoms with Crippen LogP contribution in [0, 0.1) is 0 Å². The summed E-state index contributed by atoms with van der Waals surface area (Å²) in [5.41, 5.74) is 7.75. The first-order chi connectivity index (χ1) is 9.06. The van der Waals surface area contributed by atoms with Crippen molar-refractivity contribution < 1.29 is 9.90 Å². The minimum Gasteiger partial charge on any atom is -0.478 e. The third-order valence-electron chi connectivity index (χ3n) is 2.63. The van der Waals surface area contributed by atoms with E-state index in [1.54, 1.807) is 30.3 Å². The van der Waals surface area contributed by atoms with Crippen molar-refractivity contribution in [2.45, 2.75) is 0 Å². The van der Waals surface area contributed by atoms with E-state index in [2.05, 4.69) is 0 Å². The minimum absolute atomic E-state index is 0.185. The van der Waals surface area contributed by atoms with Gasteiger partial charge in [0.2, 0.25) is 0 Å². The van der Waals surface area contributed by atoms with Crippen LogP contribution in [0.1, 0.15) is 21.5 Å². The smallest absolute Gasteiger partial charge is 0.336 e. The molecule has 2 rings (SSSR count). The number of anilines is 1. The Bertz CT molecular complexity index is 633. The zero-order chi connectivity index (χ0) is 13.8. The minimum atomic E-state index is -0.997. The number of nitrogens with two attached hydrogens (primary N) is 1. The van der Waals surface area contributed by atoms with Gasteiger partial charge in [-0.1, -0.05) is 42.0 Å². The Balaban J connectivity index is 2.32. The van der Waals surface area contributed by atoms with Gasteiger partial charge in [0.15, 0.2) is 0 Å². The van der Waals surface area contributed by atoms with Crippen LogP contribution in [0.5, 0.6) is 0 Å². The van der Waals surface area contributed by atoms with Gasteiger partial charge in [0.25, 0.3) is 0 Å². The van der Waals surface area contributed by atoms with Crippen molar-refractivity contribution in [1.29, 1.82) is 0 Å². The largest absolute Gasteiger partial charge is 0.478 e. The lowest BCUT2D eigenvalue weighted by atomic mass is 10.0. The predicted octanol–water partition coefficient (Wildman–Crippen LogP) is 3.79. The highest BCUT2D eigenvalue weighted by Crippen LogP contribution is 2.17. The summed E-state index contributed by atoms with van der Waals surface area (Å²) in [6, 6.07) is 12.1. The summed E-state index contributed by atoms with van der Waals surface area (Å²) in [5, 5.41) is 9.78. The molecular weight excluding hydrogens is 262 g/mol. The lowest BCUT2D eigenvalue weighted by molar-refractivity contribution is 0.0696. The molecule has 19 heavy (non-hydrogen) atoms. The molecule has 2 aromatic rings. The SMILES string of the molecule is Nc1ccc(C=Cc2ccc(Cl)cc2)c(C(=O)O)c1. The summed E-state index contributed by atoms with van der Waals surface area (Å²) in [5.74, 6) is -0.997. The first-order valence-corrected chi connectivity index (χ1v) is 6.00. The van der Waals surface area contributed by atoms with Crippen molar-refractivity contribution in [3.63, 3.8) is 0 Å².